The Balaban J connectivity index is 2.83. The Morgan fingerprint density at radius 1 is 1.41 bits per heavy atom. The summed E-state index contributed by atoms with van der Waals surface area (Å²) in [6, 6.07) is 0. The summed E-state index contributed by atoms with van der Waals surface area (Å²) in [7, 11) is 0. The van der Waals surface area contributed by atoms with Crippen molar-refractivity contribution in [3.63, 3.8) is 0 Å². The average Bonchev–Trinajstić information content (AvgIpc) is 2.82. The maximum atomic E-state index is 13.1. The number of aliphatic hydroxyl groups is 1. The molecule has 0 saturated heterocycles. The fourth-order valence-electron chi connectivity index (χ4n) is 1.41. The lowest BCUT2D eigenvalue weighted by atomic mass is 9.99. The van der Waals surface area contributed by atoms with E-state index < -0.39 is 35.2 Å². The van der Waals surface area contributed by atoms with Crippen LogP contribution in [0.5, 0.6) is 0 Å². The predicted molar refractivity (Wildman–Crippen MR) is 69.7 cm³/mol. The Bertz CT molecular complexity index is 549. The first kappa shape index (κ1) is 18.2. The molecule has 1 rings (SSSR count). The van der Waals surface area contributed by atoms with E-state index in [2.05, 4.69) is 9.72 Å². The third kappa shape index (κ3) is 4.31. The fourth-order valence-corrected chi connectivity index (χ4v) is 2.32. The second kappa shape index (κ2) is 6.92. The molecule has 2 amide bonds. The van der Waals surface area contributed by atoms with Crippen LogP contribution in [0.1, 0.15) is 24.0 Å². The summed E-state index contributed by atoms with van der Waals surface area (Å²) in [6.07, 6.45) is -7.49. The molecule has 11 heteroatoms. The van der Waals surface area contributed by atoms with Gasteiger partial charge in [0.25, 0.3) is 0 Å². The summed E-state index contributed by atoms with van der Waals surface area (Å²) in [5.74, 6) is -1.25. The Labute approximate surface area is 127 Å². The summed E-state index contributed by atoms with van der Waals surface area (Å²) in [6.45, 7) is 2.99. The van der Waals surface area contributed by atoms with Crippen molar-refractivity contribution < 1.29 is 32.6 Å². The third-order valence-electron chi connectivity index (χ3n) is 2.44. The van der Waals surface area contributed by atoms with Crippen molar-refractivity contribution in [1.29, 1.82) is 0 Å². The molecule has 0 aromatic carbocycles. The summed E-state index contributed by atoms with van der Waals surface area (Å²) in [5, 5.41) is 10.6. The maximum Gasteiger partial charge on any atom is 0.426 e. The smallest absolute Gasteiger partial charge is 0.426 e. The molecule has 0 bridgehead atoms. The van der Waals surface area contributed by atoms with Crippen LogP contribution in [0, 0.1) is 6.92 Å². The molecule has 1 atom stereocenters. The van der Waals surface area contributed by atoms with Crippen LogP contribution >= 0.6 is 11.3 Å². The van der Waals surface area contributed by atoms with Gasteiger partial charge in [0, 0.05) is 11.1 Å². The number of ether oxygens (including phenoxy) is 1. The Morgan fingerprint density at radius 2 is 2.05 bits per heavy atom. The second-order valence-corrected chi connectivity index (χ2v) is 5.08. The van der Waals surface area contributed by atoms with Crippen molar-refractivity contribution >= 4 is 23.3 Å². The van der Waals surface area contributed by atoms with Gasteiger partial charge in [0.15, 0.2) is 0 Å². The van der Waals surface area contributed by atoms with E-state index in [9.17, 15) is 27.9 Å². The second-order valence-electron chi connectivity index (χ2n) is 4.22. The van der Waals surface area contributed by atoms with E-state index in [1.807, 2.05) is 0 Å². The molecule has 124 valence electrons. The minimum Gasteiger partial charge on any atom is -0.449 e. The van der Waals surface area contributed by atoms with Gasteiger partial charge in [-0.1, -0.05) is 0 Å². The molecular weight excluding hydrogens is 327 g/mol. The number of amides is 2. The number of thiazole rings is 1. The number of rotatable bonds is 4. The van der Waals surface area contributed by atoms with Crippen LogP contribution in [0.25, 0.3) is 0 Å². The van der Waals surface area contributed by atoms with Gasteiger partial charge in [-0.15, -0.1) is 11.3 Å². The highest BCUT2D eigenvalue weighted by atomic mass is 32.1. The van der Waals surface area contributed by atoms with Crippen LogP contribution in [-0.4, -0.2) is 34.9 Å². The van der Waals surface area contributed by atoms with Gasteiger partial charge in [-0.25, -0.2) is 15.2 Å². The predicted octanol–water partition coefficient (Wildman–Crippen LogP) is 1.37. The fraction of sp³-hybridized carbons (Fsp3) is 0.545. The van der Waals surface area contributed by atoms with Crippen LogP contribution in [0.15, 0.2) is 5.38 Å². The van der Waals surface area contributed by atoms with E-state index in [1.54, 1.807) is 10.9 Å². The number of nitrogens with zero attached hydrogens (tertiary/aromatic N) is 1. The minimum atomic E-state index is -5.11. The van der Waals surface area contributed by atoms with E-state index in [4.69, 9.17) is 0 Å². The molecule has 0 radical (unpaired) electrons. The number of carbonyl (C=O) groups is 2. The highest BCUT2D eigenvalue weighted by Crippen LogP contribution is 2.42. The first-order valence-electron chi connectivity index (χ1n) is 6.03. The molecule has 7 nitrogen and oxygen atoms in total. The summed E-state index contributed by atoms with van der Waals surface area (Å²) < 4.78 is 43.7. The van der Waals surface area contributed by atoms with E-state index in [0.29, 0.717) is 11.3 Å². The lowest BCUT2D eigenvalue weighted by Crippen LogP contribution is -2.49. The Hall–Kier alpha value is -1.88. The number of hydrazine groups is 1. The quantitative estimate of drug-likeness (QED) is 0.718. The first-order chi connectivity index (χ1) is 10.1. The van der Waals surface area contributed by atoms with Crippen molar-refractivity contribution in [3.05, 3.63) is 16.1 Å². The zero-order chi connectivity index (χ0) is 17.0. The number of alkyl halides is 3. The van der Waals surface area contributed by atoms with E-state index in [-0.39, 0.29) is 12.3 Å². The van der Waals surface area contributed by atoms with Crippen molar-refractivity contribution in [2.45, 2.75) is 32.0 Å². The van der Waals surface area contributed by atoms with Gasteiger partial charge < -0.3 is 9.84 Å². The minimum absolute atomic E-state index is 0.0204. The van der Waals surface area contributed by atoms with E-state index in [0.717, 1.165) is 0 Å². The van der Waals surface area contributed by atoms with Gasteiger partial charge in [-0.2, -0.15) is 13.2 Å². The average molecular weight is 341 g/mol. The molecule has 0 saturated carbocycles. The number of aryl methyl sites for hydroxylation is 1. The third-order valence-corrected chi connectivity index (χ3v) is 3.55. The van der Waals surface area contributed by atoms with Gasteiger partial charge in [-0.05, 0) is 13.8 Å². The number of hydrogen-bond donors (Lipinski definition) is 3. The zero-order valence-corrected chi connectivity index (χ0v) is 12.5. The van der Waals surface area contributed by atoms with Crippen LogP contribution in [0.4, 0.5) is 18.0 Å². The SMILES string of the molecule is CCOC(=O)NNC(=O)C[C@@](O)(c1nc(C)cs1)C(F)(F)F. The molecule has 1 aromatic rings. The summed E-state index contributed by atoms with van der Waals surface area (Å²) in [4.78, 5) is 26.1. The van der Waals surface area contributed by atoms with Crippen LogP contribution < -0.4 is 10.9 Å². The highest BCUT2D eigenvalue weighted by molar-refractivity contribution is 7.09. The molecule has 3 N–H and O–H groups in total. The lowest BCUT2D eigenvalue weighted by Gasteiger charge is -2.27. The van der Waals surface area contributed by atoms with Crippen LogP contribution in [0.2, 0.25) is 0 Å². The van der Waals surface area contributed by atoms with Gasteiger partial charge >= 0.3 is 12.3 Å². The van der Waals surface area contributed by atoms with Gasteiger partial charge in [-0.3, -0.25) is 10.2 Å². The molecular formula is C11H14F3N3O4S. The molecule has 0 unspecified atom stereocenters. The molecule has 22 heavy (non-hydrogen) atoms. The number of nitrogens with one attached hydrogen (secondary N) is 2. The van der Waals surface area contributed by atoms with E-state index >= 15 is 0 Å². The Kier molecular flexibility index (Phi) is 5.72. The number of aromatic nitrogens is 1. The molecule has 0 fully saturated rings. The van der Waals surface area contributed by atoms with Crippen LogP contribution in [-0.2, 0) is 15.1 Å². The molecule has 0 aliphatic carbocycles. The summed E-state index contributed by atoms with van der Waals surface area (Å²) in [5.41, 5.74) is 0.330. The number of halogens is 3. The monoisotopic (exact) mass is 341 g/mol. The normalized spacial score (nSPS) is 14.1. The van der Waals surface area contributed by atoms with Crippen molar-refractivity contribution in [2.24, 2.45) is 0 Å². The highest BCUT2D eigenvalue weighted by Gasteiger charge is 2.58. The standard InChI is InChI=1S/C11H14F3N3O4S/c1-3-21-9(19)17-16-7(18)4-10(20,11(12,13)14)8-15-6(2)5-22-8/h5,20H,3-4H2,1-2H3,(H,16,18)(H,17,19)/t10-/m1/s1. The molecule has 0 spiro atoms. The number of hydrogen-bond acceptors (Lipinski definition) is 6. The van der Waals surface area contributed by atoms with Crippen molar-refractivity contribution in [3.8, 4) is 0 Å². The van der Waals surface area contributed by atoms with Gasteiger partial charge in [0.05, 0.1) is 13.0 Å². The topological polar surface area (TPSA) is 101 Å². The molecule has 1 aromatic heterocycles. The molecule has 0 aliphatic heterocycles. The van der Waals surface area contributed by atoms with Gasteiger partial charge in [0.1, 0.15) is 5.01 Å². The maximum absolute atomic E-state index is 13.1. The molecule has 0 aliphatic rings. The van der Waals surface area contributed by atoms with Crippen molar-refractivity contribution in [2.75, 3.05) is 6.61 Å². The Morgan fingerprint density at radius 3 is 2.50 bits per heavy atom. The first-order valence-corrected chi connectivity index (χ1v) is 6.91. The van der Waals surface area contributed by atoms with Crippen molar-refractivity contribution in [1.82, 2.24) is 15.8 Å². The lowest BCUT2D eigenvalue weighted by molar-refractivity contribution is -0.267. The van der Waals surface area contributed by atoms with Gasteiger partial charge in [0.2, 0.25) is 11.5 Å². The zero-order valence-electron chi connectivity index (χ0n) is 11.7. The number of carbonyl (C=O) groups excluding carboxylic acids is 2. The molecule has 1 heterocycles. The largest absolute Gasteiger partial charge is 0.449 e. The van der Waals surface area contributed by atoms with Crippen LogP contribution in [0.3, 0.4) is 0 Å². The summed E-state index contributed by atoms with van der Waals surface area (Å²) >= 11 is 0.585. The van der Waals surface area contributed by atoms with E-state index in [1.165, 1.54) is 19.2 Å².